The van der Waals surface area contributed by atoms with Gasteiger partial charge in [0.2, 0.25) is 0 Å². The topological polar surface area (TPSA) is 77.0 Å². The van der Waals surface area contributed by atoms with Crippen molar-refractivity contribution in [2.75, 3.05) is 11.5 Å². The molecule has 0 saturated carbocycles. The van der Waals surface area contributed by atoms with Crippen molar-refractivity contribution in [3.63, 3.8) is 0 Å². The van der Waals surface area contributed by atoms with Crippen LogP contribution in [0, 0.1) is 0 Å². The van der Waals surface area contributed by atoms with E-state index in [0.29, 0.717) is 0 Å². The third-order valence-corrected chi connectivity index (χ3v) is 5.11. The number of nitrogens with one attached hydrogen (secondary N) is 1. The van der Waals surface area contributed by atoms with Crippen molar-refractivity contribution in [2.45, 2.75) is 17.4 Å². The van der Waals surface area contributed by atoms with Crippen LogP contribution in [0.4, 0.5) is 5.69 Å². The molecule has 20 heavy (non-hydrogen) atoms. The van der Waals surface area contributed by atoms with Gasteiger partial charge in [-0.25, -0.2) is 0 Å². The number of benzene rings is 1. The summed E-state index contributed by atoms with van der Waals surface area (Å²) in [7, 11) is 0. The van der Waals surface area contributed by atoms with Gasteiger partial charge in [0.15, 0.2) is 0 Å². The van der Waals surface area contributed by atoms with E-state index >= 15 is 0 Å². The molecule has 0 spiro atoms. The van der Waals surface area contributed by atoms with Crippen LogP contribution in [-0.4, -0.2) is 16.8 Å². The Kier molecular flexibility index (Phi) is 5.85. The quantitative estimate of drug-likeness (QED) is 0.423. The average molecular weight is 353 g/mol. The van der Waals surface area contributed by atoms with Gasteiger partial charge in [0.1, 0.15) is 0 Å². The Balaban J connectivity index is 1.96. The van der Waals surface area contributed by atoms with Gasteiger partial charge < -0.3 is 5.73 Å². The molecule has 1 aromatic carbocycles. The zero-order valence-electron chi connectivity index (χ0n) is 10.9. The number of pyridine rings is 1. The van der Waals surface area contributed by atoms with Gasteiger partial charge in [0.05, 0.1) is 0 Å². The van der Waals surface area contributed by atoms with Crippen LogP contribution in [0.5, 0.6) is 0 Å². The number of anilines is 1. The number of aromatic nitrogens is 1. The van der Waals surface area contributed by atoms with Gasteiger partial charge in [-0.2, -0.15) is 0 Å². The molecule has 2 rings (SSSR count). The number of thioether (sulfide) groups is 1. The Morgan fingerprint density at radius 1 is 1.30 bits per heavy atom. The van der Waals surface area contributed by atoms with E-state index in [-0.39, 0.29) is 6.04 Å². The predicted octanol–water partition coefficient (Wildman–Crippen LogP) is 2.59. The zero-order chi connectivity index (χ0) is 14.4. The first kappa shape index (κ1) is 15.3. The fraction of sp³-hybridized carbons (Fsp3) is 0.214. The van der Waals surface area contributed by atoms with Crippen molar-refractivity contribution in [1.82, 2.24) is 10.4 Å². The molecule has 6 heteroatoms. The molecule has 0 amide bonds. The molecule has 106 valence electrons. The lowest BCUT2D eigenvalue weighted by atomic mass is 10.1. The molecule has 0 fully saturated rings. The Labute approximate surface area is 131 Å². The van der Waals surface area contributed by atoms with Crippen LogP contribution in [0.25, 0.3) is 0 Å². The van der Waals surface area contributed by atoms with Crippen LogP contribution in [0.3, 0.4) is 0 Å². The number of hydrogen-bond acceptors (Lipinski definition) is 5. The second-order valence-electron chi connectivity index (χ2n) is 4.38. The van der Waals surface area contributed by atoms with Crippen molar-refractivity contribution < 1.29 is 0 Å². The Morgan fingerprint density at radius 3 is 2.80 bits per heavy atom. The van der Waals surface area contributed by atoms with E-state index in [9.17, 15) is 0 Å². The second kappa shape index (κ2) is 7.64. The summed E-state index contributed by atoms with van der Waals surface area (Å²) in [5.74, 6) is 6.49. The van der Waals surface area contributed by atoms with Crippen LogP contribution in [0.2, 0.25) is 0 Å². The molecular formula is C14H17BrN4S. The maximum Gasteiger partial charge on any atom is 0.0378 e. The molecule has 0 aliphatic rings. The summed E-state index contributed by atoms with van der Waals surface area (Å²) in [6, 6.07) is 10.1. The molecule has 1 aromatic heterocycles. The highest BCUT2D eigenvalue weighted by Crippen LogP contribution is 2.28. The number of hydrogen-bond donors (Lipinski definition) is 3. The first-order chi connectivity index (χ1) is 9.70. The summed E-state index contributed by atoms with van der Waals surface area (Å²) in [4.78, 5) is 5.30. The monoisotopic (exact) mass is 352 g/mol. The smallest absolute Gasteiger partial charge is 0.0378 e. The van der Waals surface area contributed by atoms with E-state index in [4.69, 9.17) is 11.6 Å². The standard InChI is InChI=1S/C14H17BrN4S/c15-12-3-1-2-4-14(12)20-9-11(19-17)7-10-8-18-6-5-13(10)16/h1-6,8,11,19H,7,9,17H2,(H2,16,18). The summed E-state index contributed by atoms with van der Waals surface area (Å²) in [5, 5.41) is 0. The van der Waals surface area contributed by atoms with E-state index in [0.717, 1.165) is 27.9 Å². The van der Waals surface area contributed by atoms with E-state index in [1.165, 1.54) is 4.90 Å². The maximum absolute atomic E-state index is 5.93. The highest BCUT2D eigenvalue weighted by molar-refractivity contribution is 9.10. The fourth-order valence-electron chi connectivity index (χ4n) is 1.79. The summed E-state index contributed by atoms with van der Waals surface area (Å²) in [6.45, 7) is 0. The molecule has 5 N–H and O–H groups in total. The zero-order valence-corrected chi connectivity index (χ0v) is 13.3. The van der Waals surface area contributed by atoms with Gasteiger partial charge in [0, 0.05) is 39.2 Å². The van der Waals surface area contributed by atoms with Gasteiger partial charge in [-0.3, -0.25) is 16.3 Å². The maximum atomic E-state index is 5.93. The third kappa shape index (κ3) is 4.21. The van der Waals surface area contributed by atoms with Gasteiger partial charge in [-0.15, -0.1) is 11.8 Å². The molecule has 2 aromatic rings. The minimum Gasteiger partial charge on any atom is -0.398 e. The number of nitrogens with two attached hydrogens (primary N) is 2. The average Bonchev–Trinajstić information content (AvgIpc) is 2.47. The first-order valence-corrected chi connectivity index (χ1v) is 8.00. The lowest BCUT2D eigenvalue weighted by Gasteiger charge is -2.16. The van der Waals surface area contributed by atoms with Crippen molar-refractivity contribution in [3.05, 3.63) is 52.8 Å². The van der Waals surface area contributed by atoms with E-state index in [2.05, 4.69) is 32.4 Å². The lowest BCUT2D eigenvalue weighted by molar-refractivity contribution is 0.575. The number of hydrazine groups is 1. The highest BCUT2D eigenvalue weighted by atomic mass is 79.9. The summed E-state index contributed by atoms with van der Waals surface area (Å²) in [6.07, 6.45) is 4.25. The number of halogens is 1. The molecule has 0 saturated heterocycles. The van der Waals surface area contributed by atoms with Crippen LogP contribution in [-0.2, 0) is 6.42 Å². The van der Waals surface area contributed by atoms with Crippen LogP contribution in [0.15, 0.2) is 52.1 Å². The predicted molar refractivity (Wildman–Crippen MR) is 88.3 cm³/mol. The molecule has 1 atom stereocenters. The normalized spacial score (nSPS) is 12.3. The minimum absolute atomic E-state index is 0.138. The molecule has 0 aliphatic carbocycles. The largest absolute Gasteiger partial charge is 0.398 e. The van der Waals surface area contributed by atoms with Gasteiger partial charge in [-0.1, -0.05) is 12.1 Å². The van der Waals surface area contributed by atoms with Crippen LogP contribution >= 0.6 is 27.7 Å². The fourth-order valence-corrected chi connectivity index (χ4v) is 3.40. The minimum atomic E-state index is 0.138. The summed E-state index contributed by atoms with van der Waals surface area (Å²) in [5.41, 5.74) is 10.6. The van der Waals surface area contributed by atoms with Crippen molar-refractivity contribution in [2.24, 2.45) is 5.84 Å². The van der Waals surface area contributed by atoms with E-state index in [1.54, 1.807) is 24.2 Å². The van der Waals surface area contributed by atoms with Crippen LogP contribution < -0.4 is 17.0 Å². The molecule has 1 unspecified atom stereocenters. The number of nitrogen functional groups attached to an aromatic ring is 1. The summed E-state index contributed by atoms with van der Waals surface area (Å²) >= 11 is 5.30. The van der Waals surface area contributed by atoms with E-state index < -0.39 is 0 Å². The van der Waals surface area contributed by atoms with Crippen LogP contribution in [0.1, 0.15) is 5.56 Å². The molecule has 0 bridgehead atoms. The van der Waals surface area contributed by atoms with Gasteiger partial charge in [-0.05, 0) is 46.1 Å². The molecular weight excluding hydrogens is 336 g/mol. The Bertz CT molecular complexity index is 564. The van der Waals surface area contributed by atoms with Gasteiger partial charge in [0.25, 0.3) is 0 Å². The highest BCUT2D eigenvalue weighted by Gasteiger charge is 2.11. The SMILES string of the molecule is NNC(CSc1ccccc1Br)Cc1cnccc1N. The number of nitrogens with zero attached hydrogens (tertiary/aromatic N) is 1. The second-order valence-corrected chi connectivity index (χ2v) is 6.30. The first-order valence-electron chi connectivity index (χ1n) is 6.22. The number of rotatable bonds is 6. The van der Waals surface area contributed by atoms with Crippen molar-refractivity contribution >= 4 is 33.4 Å². The Hall–Kier alpha value is -1.08. The van der Waals surface area contributed by atoms with Gasteiger partial charge >= 0.3 is 0 Å². The molecule has 0 radical (unpaired) electrons. The summed E-state index contributed by atoms with van der Waals surface area (Å²) < 4.78 is 1.10. The third-order valence-electron chi connectivity index (χ3n) is 2.92. The van der Waals surface area contributed by atoms with Crippen molar-refractivity contribution in [1.29, 1.82) is 0 Å². The molecule has 1 heterocycles. The molecule has 0 aliphatic heterocycles. The Morgan fingerprint density at radius 2 is 2.10 bits per heavy atom. The lowest BCUT2D eigenvalue weighted by Crippen LogP contribution is -2.38. The van der Waals surface area contributed by atoms with E-state index in [1.807, 2.05) is 24.3 Å². The molecule has 4 nitrogen and oxygen atoms in total. The van der Waals surface area contributed by atoms with Crippen molar-refractivity contribution in [3.8, 4) is 0 Å².